The molecule has 18 heavy (non-hydrogen) atoms. The van der Waals surface area contributed by atoms with E-state index in [2.05, 4.69) is 42.4 Å². The molecular formula is C15H20N2O. The number of aryl methyl sites for hydroxylation is 1. The van der Waals surface area contributed by atoms with Crippen LogP contribution in [0.1, 0.15) is 31.2 Å². The first kappa shape index (κ1) is 11.6. The maximum absolute atomic E-state index is 12.6. The Hall–Kier alpha value is -1.51. The van der Waals surface area contributed by atoms with Gasteiger partial charge in [0.15, 0.2) is 0 Å². The fraction of sp³-hybridized carbons (Fsp3) is 0.533. The predicted molar refractivity (Wildman–Crippen MR) is 74.0 cm³/mol. The minimum absolute atomic E-state index is 0.166. The van der Waals surface area contributed by atoms with Crippen molar-refractivity contribution in [3.8, 4) is 0 Å². The Morgan fingerprint density at radius 2 is 2.00 bits per heavy atom. The van der Waals surface area contributed by atoms with Crippen LogP contribution in [0, 0.1) is 12.3 Å². The highest BCUT2D eigenvalue weighted by Crippen LogP contribution is 2.44. The van der Waals surface area contributed by atoms with E-state index in [-0.39, 0.29) is 11.3 Å². The number of anilines is 2. The van der Waals surface area contributed by atoms with Crippen LogP contribution in [0.3, 0.4) is 0 Å². The van der Waals surface area contributed by atoms with Crippen LogP contribution in [0.15, 0.2) is 18.2 Å². The molecule has 1 aliphatic carbocycles. The number of rotatable bonds is 0. The number of hydrogen-bond acceptors (Lipinski definition) is 2. The third-order valence-corrected chi connectivity index (χ3v) is 4.48. The lowest BCUT2D eigenvalue weighted by Gasteiger charge is -2.29. The first-order valence-electron chi connectivity index (χ1n) is 6.75. The van der Waals surface area contributed by atoms with E-state index in [0.717, 1.165) is 36.3 Å². The van der Waals surface area contributed by atoms with E-state index in [9.17, 15) is 4.79 Å². The zero-order chi connectivity index (χ0) is 12.8. The third-order valence-electron chi connectivity index (χ3n) is 4.48. The van der Waals surface area contributed by atoms with Gasteiger partial charge in [0, 0.05) is 13.6 Å². The van der Waals surface area contributed by atoms with Gasteiger partial charge < -0.3 is 10.2 Å². The predicted octanol–water partition coefficient (Wildman–Crippen LogP) is 2.94. The Balaban J connectivity index is 2.06. The van der Waals surface area contributed by atoms with Crippen molar-refractivity contribution in [2.75, 3.05) is 23.8 Å². The average Bonchev–Trinajstić information content (AvgIpc) is 2.77. The summed E-state index contributed by atoms with van der Waals surface area (Å²) >= 11 is 0. The van der Waals surface area contributed by atoms with Gasteiger partial charge in [-0.05, 0) is 31.4 Å². The molecule has 1 heterocycles. The quantitative estimate of drug-likeness (QED) is 0.761. The normalized spacial score (nSPS) is 21.7. The van der Waals surface area contributed by atoms with Crippen molar-refractivity contribution in [3.63, 3.8) is 0 Å². The van der Waals surface area contributed by atoms with Crippen LogP contribution in [-0.2, 0) is 4.79 Å². The second kappa shape index (κ2) is 4.01. The largest absolute Gasteiger partial charge is 0.372 e. The number of benzene rings is 1. The number of carbonyl (C=O) groups excluding carboxylic acids is 1. The van der Waals surface area contributed by atoms with E-state index < -0.39 is 0 Å². The van der Waals surface area contributed by atoms with Crippen LogP contribution in [0.4, 0.5) is 11.4 Å². The molecule has 3 rings (SSSR count). The maximum Gasteiger partial charge on any atom is 0.232 e. The Bertz CT molecular complexity index is 489. The van der Waals surface area contributed by atoms with Gasteiger partial charge in [0.25, 0.3) is 0 Å². The molecule has 1 saturated carbocycles. The topological polar surface area (TPSA) is 32.3 Å². The molecule has 1 aromatic carbocycles. The molecule has 0 radical (unpaired) electrons. The number of amides is 1. The van der Waals surface area contributed by atoms with E-state index in [0.29, 0.717) is 0 Å². The monoisotopic (exact) mass is 244 g/mol. The summed E-state index contributed by atoms with van der Waals surface area (Å²) in [7, 11) is 2.10. The lowest BCUT2D eigenvalue weighted by atomic mass is 9.85. The summed E-state index contributed by atoms with van der Waals surface area (Å²) in [5, 5.41) is 3.17. The molecule has 0 saturated heterocycles. The smallest absolute Gasteiger partial charge is 0.232 e. The minimum Gasteiger partial charge on any atom is -0.372 e. The van der Waals surface area contributed by atoms with Gasteiger partial charge in [0.2, 0.25) is 5.91 Å². The lowest BCUT2D eigenvalue weighted by molar-refractivity contribution is -0.124. The van der Waals surface area contributed by atoms with Crippen molar-refractivity contribution in [3.05, 3.63) is 23.8 Å². The van der Waals surface area contributed by atoms with Gasteiger partial charge in [-0.1, -0.05) is 25.0 Å². The third kappa shape index (κ3) is 1.61. The Morgan fingerprint density at radius 1 is 1.28 bits per heavy atom. The van der Waals surface area contributed by atoms with Crippen molar-refractivity contribution >= 4 is 17.3 Å². The SMILES string of the molecule is Cc1cccc2c1NC(=O)C1(CCCC1)CN2C. The van der Waals surface area contributed by atoms with Gasteiger partial charge >= 0.3 is 0 Å². The first-order valence-corrected chi connectivity index (χ1v) is 6.75. The molecule has 1 fully saturated rings. The van der Waals surface area contributed by atoms with Gasteiger partial charge in [-0.2, -0.15) is 0 Å². The zero-order valence-corrected chi connectivity index (χ0v) is 11.1. The van der Waals surface area contributed by atoms with Crippen molar-refractivity contribution in [2.45, 2.75) is 32.6 Å². The van der Waals surface area contributed by atoms with Crippen LogP contribution >= 0.6 is 0 Å². The molecule has 2 aliphatic rings. The highest BCUT2D eigenvalue weighted by molar-refractivity contribution is 6.01. The second-order valence-corrected chi connectivity index (χ2v) is 5.77. The number of nitrogens with zero attached hydrogens (tertiary/aromatic N) is 1. The van der Waals surface area contributed by atoms with Gasteiger partial charge in [0.1, 0.15) is 0 Å². The van der Waals surface area contributed by atoms with Crippen LogP contribution in [-0.4, -0.2) is 19.5 Å². The summed E-state index contributed by atoms with van der Waals surface area (Å²) in [5.74, 6) is 0.222. The van der Waals surface area contributed by atoms with E-state index >= 15 is 0 Å². The molecule has 0 bridgehead atoms. The van der Waals surface area contributed by atoms with Crippen LogP contribution in [0.2, 0.25) is 0 Å². The minimum atomic E-state index is -0.166. The number of hydrogen-bond donors (Lipinski definition) is 1. The molecule has 0 unspecified atom stereocenters. The van der Waals surface area contributed by atoms with Crippen molar-refractivity contribution in [2.24, 2.45) is 5.41 Å². The Labute approximate surface area is 108 Å². The van der Waals surface area contributed by atoms with Gasteiger partial charge in [0.05, 0.1) is 16.8 Å². The highest BCUT2D eigenvalue weighted by atomic mass is 16.2. The summed E-state index contributed by atoms with van der Waals surface area (Å²) in [6, 6.07) is 6.21. The summed E-state index contributed by atoms with van der Waals surface area (Å²) in [4.78, 5) is 14.8. The van der Waals surface area contributed by atoms with Crippen LogP contribution < -0.4 is 10.2 Å². The average molecular weight is 244 g/mol. The van der Waals surface area contributed by atoms with E-state index in [4.69, 9.17) is 0 Å². The second-order valence-electron chi connectivity index (χ2n) is 5.77. The van der Waals surface area contributed by atoms with Gasteiger partial charge in [-0.3, -0.25) is 4.79 Å². The fourth-order valence-corrected chi connectivity index (χ4v) is 3.43. The molecule has 0 aromatic heterocycles. The molecule has 0 atom stereocenters. The van der Waals surface area contributed by atoms with E-state index in [1.807, 2.05) is 0 Å². The molecule has 1 spiro atoms. The fourth-order valence-electron chi connectivity index (χ4n) is 3.43. The lowest BCUT2D eigenvalue weighted by Crippen LogP contribution is -2.40. The molecule has 1 N–H and O–H groups in total. The van der Waals surface area contributed by atoms with E-state index in [1.165, 1.54) is 12.8 Å². The Kier molecular flexibility index (Phi) is 2.58. The van der Waals surface area contributed by atoms with Crippen molar-refractivity contribution < 1.29 is 4.79 Å². The molecule has 3 nitrogen and oxygen atoms in total. The van der Waals surface area contributed by atoms with Gasteiger partial charge in [-0.25, -0.2) is 0 Å². The molecular weight excluding hydrogens is 224 g/mol. The van der Waals surface area contributed by atoms with Gasteiger partial charge in [-0.15, -0.1) is 0 Å². The standard InChI is InChI=1S/C15H20N2O/c1-11-6-5-7-12-13(11)16-14(18)15(10-17(12)2)8-3-4-9-15/h5-7H,3-4,8-10H2,1-2H3,(H,16,18). The summed E-state index contributed by atoms with van der Waals surface area (Å²) in [6.45, 7) is 2.90. The number of fused-ring (bicyclic) bond motifs is 1. The molecule has 1 aliphatic heterocycles. The molecule has 1 aromatic rings. The maximum atomic E-state index is 12.6. The number of para-hydroxylation sites is 1. The molecule has 3 heteroatoms. The summed E-state index contributed by atoms with van der Waals surface area (Å²) < 4.78 is 0. The zero-order valence-electron chi connectivity index (χ0n) is 11.1. The number of carbonyl (C=O) groups is 1. The summed E-state index contributed by atoms with van der Waals surface area (Å²) in [6.07, 6.45) is 4.40. The number of nitrogens with one attached hydrogen (secondary N) is 1. The van der Waals surface area contributed by atoms with E-state index in [1.54, 1.807) is 0 Å². The molecule has 1 amide bonds. The van der Waals surface area contributed by atoms with Crippen LogP contribution in [0.25, 0.3) is 0 Å². The highest BCUT2D eigenvalue weighted by Gasteiger charge is 2.44. The Morgan fingerprint density at radius 3 is 2.72 bits per heavy atom. The first-order chi connectivity index (χ1) is 8.62. The molecule has 96 valence electrons. The van der Waals surface area contributed by atoms with Crippen molar-refractivity contribution in [1.82, 2.24) is 0 Å². The summed E-state index contributed by atoms with van der Waals surface area (Å²) in [5.41, 5.74) is 3.11. The van der Waals surface area contributed by atoms with Crippen LogP contribution in [0.5, 0.6) is 0 Å². The van der Waals surface area contributed by atoms with Crippen molar-refractivity contribution in [1.29, 1.82) is 0 Å².